The standard InChI is InChI=1S/C23H16ClFN4O/c24-17-6-10-20(11-7-17)27-23(30)15-4-8-19(9-5-15)26-22-13-12-21(28-29-22)16-2-1-3-18(25)14-16/h1-14H,(H,26,29)(H,27,30). The van der Waals surface area contributed by atoms with Crippen LogP contribution in [-0.2, 0) is 0 Å². The molecule has 0 atom stereocenters. The van der Waals surface area contributed by atoms with Gasteiger partial charge in [-0.1, -0.05) is 23.7 Å². The minimum absolute atomic E-state index is 0.219. The number of rotatable bonds is 5. The van der Waals surface area contributed by atoms with Gasteiger partial charge >= 0.3 is 0 Å². The summed E-state index contributed by atoms with van der Waals surface area (Å²) in [6.07, 6.45) is 0. The highest BCUT2D eigenvalue weighted by Crippen LogP contribution is 2.20. The normalized spacial score (nSPS) is 10.5. The van der Waals surface area contributed by atoms with E-state index in [1.165, 1.54) is 12.1 Å². The Morgan fingerprint density at radius 1 is 0.833 bits per heavy atom. The molecule has 0 spiro atoms. The first-order chi connectivity index (χ1) is 14.6. The zero-order valence-corrected chi connectivity index (χ0v) is 16.4. The maximum atomic E-state index is 13.4. The molecular formula is C23H16ClFN4O. The molecule has 4 rings (SSSR count). The van der Waals surface area contributed by atoms with E-state index in [0.717, 1.165) is 5.69 Å². The Morgan fingerprint density at radius 3 is 2.23 bits per heavy atom. The van der Waals surface area contributed by atoms with Crippen molar-refractivity contribution in [2.24, 2.45) is 0 Å². The van der Waals surface area contributed by atoms with Gasteiger partial charge in [-0.15, -0.1) is 10.2 Å². The van der Waals surface area contributed by atoms with Gasteiger partial charge in [-0.25, -0.2) is 4.39 Å². The number of amides is 1. The highest BCUT2D eigenvalue weighted by molar-refractivity contribution is 6.30. The molecule has 0 radical (unpaired) electrons. The molecule has 4 aromatic rings. The number of nitrogens with one attached hydrogen (secondary N) is 2. The van der Waals surface area contributed by atoms with Crippen LogP contribution in [-0.4, -0.2) is 16.1 Å². The number of carbonyl (C=O) groups excluding carboxylic acids is 1. The molecule has 0 bridgehead atoms. The third kappa shape index (κ3) is 4.79. The van der Waals surface area contributed by atoms with E-state index in [2.05, 4.69) is 20.8 Å². The lowest BCUT2D eigenvalue weighted by molar-refractivity contribution is 0.102. The zero-order chi connectivity index (χ0) is 20.9. The maximum absolute atomic E-state index is 13.4. The summed E-state index contributed by atoms with van der Waals surface area (Å²) in [5.74, 6) is -0.00619. The number of halogens is 2. The average Bonchev–Trinajstić information content (AvgIpc) is 2.76. The van der Waals surface area contributed by atoms with E-state index < -0.39 is 0 Å². The number of anilines is 3. The van der Waals surface area contributed by atoms with E-state index >= 15 is 0 Å². The van der Waals surface area contributed by atoms with E-state index in [4.69, 9.17) is 11.6 Å². The van der Waals surface area contributed by atoms with E-state index in [-0.39, 0.29) is 11.7 Å². The molecule has 2 N–H and O–H groups in total. The Balaban J connectivity index is 1.40. The highest BCUT2D eigenvalue weighted by atomic mass is 35.5. The molecule has 30 heavy (non-hydrogen) atoms. The minimum Gasteiger partial charge on any atom is -0.339 e. The maximum Gasteiger partial charge on any atom is 0.255 e. The smallest absolute Gasteiger partial charge is 0.255 e. The Morgan fingerprint density at radius 2 is 1.57 bits per heavy atom. The second-order valence-electron chi connectivity index (χ2n) is 6.48. The lowest BCUT2D eigenvalue weighted by Gasteiger charge is -2.08. The van der Waals surface area contributed by atoms with Crippen molar-refractivity contribution in [1.82, 2.24) is 10.2 Å². The van der Waals surface area contributed by atoms with Crippen molar-refractivity contribution in [3.63, 3.8) is 0 Å². The number of nitrogens with zero attached hydrogens (tertiary/aromatic N) is 2. The third-order valence-corrected chi connectivity index (χ3v) is 4.56. The molecule has 1 amide bonds. The summed E-state index contributed by atoms with van der Waals surface area (Å²) in [5.41, 5.74) is 3.17. The van der Waals surface area contributed by atoms with Crippen molar-refractivity contribution in [1.29, 1.82) is 0 Å². The molecule has 1 aromatic heterocycles. The van der Waals surface area contributed by atoms with Crippen molar-refractivity contribution >= 4 is 34.7 Å². The van der Waals surface area contributed by atoms with Gasteiger partial charge in [0.25, 0.3) is 5.91 Å². The molecule has 0 saturated carbocycles. The molecule has 148 valence electrons. The van der Waals surface area contributed by atoms with E-state index in [1.807, 2.05) is 0 Å². The molecule has 0 fully saturated rings. The monoisotopic (exact) mass is 418 g/mol. The Kier molecular flexibility index (Phi) is 5.68. The van der Waals surface area contributed by atoms with Crippen LogP contribution in [0.25, 0.3) is 11.3 Å². The molecular weight excluding hydrogens is 403 g/mol. The third-order valence-electron chi connectivity index (χ3n) is 4.31. The Labute approximate surface area is 177 Å². The molecule has 5 nitrogen and oxygen atoms in total. The number of hydrogen-bond acceptors (Lipinski definition) is 4. The van der Waals surface area contributed by atoms with E-state index in [1.54, 1.807) is 72.8 Å². The molecule has 0 aliphatic heterocycles. The van der Waals surface area contributed by atoms with Gasteiger partial charge < -0.3 is 10.6 Å². The summed E-state index contributed by atoms with van der Waals surface area (Å²) >= 11 is 5.85. The van der Waals surface area contributed by atoms with Crippen LogP contribution < -0.4 is 10.6 Å². The lowest BCUT2D eigenvalue weighted by Crippen LogP contribution is -2.11. The fourth-order valence-electron chi connectivity index (χ4n) is 2.79. The SMILES string of the molecule is O=C(Nc1ccc(Cl)cc1)c1ccc(Nc2ccc(-c3cccc(F)c3)nn2)cc1. The van der Waals surface area contributed by atoms with Crippen LogP contribution in [0.2, 0.25) is 5.02 Å². The first kappa shape index (κ1) is 19.5. The van der Waals surface area contributed by atoms with E-state index in [9.17, 15) is 9.18 Å². The zero-order valence-electron chi connectivity index (χ0n) is 15.6. The number of benzene rings is 3. The number of carbonyl (C=O) groups is 1. The lowest BCUT2D eigenvalue weighted by atomic mass is 10.1. The van der Waals surface area contributed by atoms with Crippen molar-refractivity contribution in [2.75, 3.05) is 10.6 Å². The summed E-state index contributed by atoms with van der Waals surface area (Å²) in [6, 6.07) is 23.6. The van der Waals surface area contributed by atoms with Crippen LogP contribution in [0.15, 0.2) is 84.9 Å². The van der Waals surface area contributed by atoms with Gasteiger partial charge in [0.1, 0.15) is 5.82 Å². The van der Waals surface area contributed by atoms with Crippen LogP contribution in [0.4, 0.5) is 21.6 Å². The highest BCUT2D eigenvalue weighted by Gasteiger charge is 2.07. The Bertz CT molecular complexity index is 1160. The number of aromatic nitrogens is 2. The molecule has 7 heteroatoms. The molecule has 3 aromatic carbocycles. The van der Waals surface area contributed by atoms with Crippen LogP contribution in [0, 0.1) is 5.82 Å². The average molecular weight is 419 g/mol. The van der Waals surface area contributed by atoms with Crippen molar-refractivity contribution < 1.29 is 9.18 Å². The summed E-state index contributed by atoms with van der Waals surface area (Å²) in [6.45, 7) is 0. The van der Waals surface area contributed by atoms with Gasteiger partial charge in [0.2, 0.25) is 0 Å². The van der Waals surface area contributed by atoms with Crippen LogP contribution >= 0.6 is 11.6 Å². The summed E-state index contributed by atoms with van der Waals surface area (Å²) < 4.78 is 13.4. The van der Waals surface area contributed by atoms with Crippen molar-refractivity contribution in [3.05, 3.63) is 101 Å². The second-order valence-corrected chi connectivity index (χ2v) is 6.91. The van der Waals surface area contributed by atoms with Gasteiger partial charge in [0, 0.05) is 27.5 Å². The fraction of sp³-hybridized carbons (Fsp3) is 0. The molecule has 1 heterocycles. The van der Waals surface area contributed by atoms with Gasteiger partial charge in [-0.05, 0) is 72.8 Å². The molecule has 0 unspecified atom stereocenters. The first-order valence-electron chi connectivity index (χ1n) is 9.10. The van der Waals surface area contributed by atoms with Gasteiger partial charge in [0.15, 0.2) is 5.82 Å². The topological polar surface area (TPSA) is 66.9 Å². The van der Waals surface area contributed by atoms with Crippen LogP contribution in [0.5, 0.6) is 0 Å². The van der Waals surface area contributed by atoms with Gasteiger partial charge in [0.05, 0.1) is 5.69 Å². The predicted molar refractivity (Wildman–Crippen MR) is 117 cm³/mol. The Hall–Kier alpha value is -3.77. The van der Waals surface area contributed by atoms with Crippen LogP contribution in [0.3, 0.4) is 0 Å². The molecule has 0 aliphatic rings. The van der Waals surface area contributed by atoms with Gasteiger partial charge in [-0.3, -0.25) is 4.79 Å². The van der Waals surface area contributed by atoms with E-state index in [0.29, 0.717) is 33.3 Å². The summed E-state index contributed by atoms with van der Waals surface area (Å²) in [7, 11) is 0. The largest absolute Gasteiger partial charge is 0.339 e. The first-order valence-corrected chi connectivity index (χ1v) is 9.48. The number of hydrogen-bond donors (Lipinski definition) is 2. The summed E-state index contributed by atoms with van der Waals surface area (Å²) in [5, 5.41) is 14.8. The predicted octanol–water partition coefficient (Wildman–Crippen LogP) is 5.93. The van der Waals surface area contributed by atoms with Crippen molar-refractivity contribution in [3.8, 4) is 11.3 Å². The fourth-order valence-corrected chi connectivity index (χ4v) is 2.92. The molecule has 0 aliphatic carbocycles. The van der Waals surface area contributed by atoms with Crippen LogP contribution in [0.1, 0.15) is 10.4 Å². The summed E-state index contributed by atoms with van der Waals surface area (Å²) in [4.78, 5) is 12.4. The van der Waals surface area contributed by atoms with Gasteiger partial charge in [-0.2, -0.15) is 0 Å². The quantitative estimate of drug-likeness (QED) is 0.421. The molecule has 0 saturated heterocycles. The minimum atomic E-state index is -0.323. The van der Waals surface area contributed by atoms with Crippen molar-refractivity contribution in [2.45, 2.75) is 0 Å². The second kappa shape index (κ2) is 8.71.